The van der Waals surface area contributed by atoms with Crippen LogP contribution >= 0.6 is 0 Å². The first kappa shape index (κ1) is 40.2. The van der Waals surface area contributed by atoms with Crippen molar-refractivity contribution >= 4 is 44.6 Å². The van der Waals surface area contributed by atoms with Crippen LogP contribution < -0.4 is 19.5 Å². The molecule has 0 bridgehead atoms. The van der Waals surface area contributed by atoms with Crippen LogP contribution in [0.2, 0.25) is 0 Å². The van der Waals surface area contributed by atoms with E-state index in [1.807, 2.05) is 80.3 Å². The Kier molecular flexibility index (Phi) is 11.1. The molecule has 14 heteroatoms. The number of carbonyl (C=O) groups is 4. The van der Waals surface area contributed by atoms with E-state index in [1.54, 1.807) is 7.11 Å². The monoisotopic (exact) mass is 799 g/mol. The minimum absolute atomic E-state index is 0.0160. The Morgan fingerprint density at radius 3 is 2.39 bits per heavy atom. The number of nitrogens with one attached hydrogen (secondary N) is 2. The van der Waals surface area contributed by atoms with Gasteiger partial charge in [0.2, 0.25) is 27.7 Å². The number of sulfonamides is 1. The highest BCUT2D eigenvalue weighted by Crippen LogP contribution is 2.46. The number of hydrogen-bond acceptors (Lipinski definition) is 9. The second-order valence-electron chi connectivity index (χ2n) is 17.0. The Labute approximate surface area is 334 Å². The average Bonchev–Trinajstić information content (AvgIpc) is 4.13. The van der Waals surface area contributed by atoms with Crippen LogP contribution in [0.5, 0.6) is 11.5 Å². The van der Waals surface area contributed by atoms with Crippen LogP contribution in [0, 0.1) is 17.3 Å². The third-order valence-corrected chi connectivity index (χ3v) is 13.7. The first-order valence-electron chi connectivity index (χ1n) is 19.9. The van der Waals surface area contributed by atoms with Crippen molar-refractivity contribution < 1.29 is 37.1 Å². The quantitative estimate of drug-likeness (QED) is 0.227. The second-order valence-corrected chi connectivity index (χ2v) is 18.9. The summed E-state index contributed by atoms with van der Waals surface area (Å²) in [5.41, 5.74) is 0.0269. The Bertz CT molecular complexity index is 2160. The molecule has 7 rings (SSSR count). The number of fused-ring (bicyclic) bond motifs is 1. The fraction of sp³-hybridized carbons (Fsp3) is 0.512. The number of rotatable bonds is 13. The molecule has 4 amide bonds. The predicted octanol–water partition coefficient (Wildman–Crippen LogP) is 4.99. The van der Waals surface area contributed by atoms with Crippen LogP contribution in [0.15, 0.2) is 67.3 Å². The molecule has 0 radical (unpaired) electrons. The van der Waals surface area contributed by atoms with E-state index >= 15 is 0 Å². The number of benzene rings is 2. The highest BCUT2D eigenvalue weighted by atomic mass is 32.2. The molecule has 13 nitrogen and oxygen atoms in total. The van der Waals surface area contributed by atoms with E-state index in [0.717, 1.165) is 24.8 Å². The molecule has 5 atom stereocenters. The van der Waals surface area contributed by atoms with Gasteiger partial charge in [-0.05, 0) is 62.1 Å². The smallest absolute Gasteiger partial charge is 0.259 e. The molecule has 0 unspecified atom stereocenters. The van der Waals surface area contributed by atoms with Crippen molar-refractivity contribution in [3.05, 3.63) is 67.3 Å². The first-order valence-corrected chi connectivity index (χ1v) is 21.5. The van der Waals surface area contributed by atoms with Gasteiger partial charge in [-0.3, -0.25) is 23.9 Å². The molecule has 0 spiro atoms. The minimum atomic E-state index is -3.90. The van der Waals surface area contributed by atoms with Gasteiger partial charge in [-0.1, -0.05) is 57.2 Å². The number of likely N-dealkylation sites (tertiary alicyclic amines) is 2. The highest BCUT2D eigenvalue weighted by molar-refractivity contribution is 7.91. The topological polar surface area (TPSA) is 164 Å². The Morgan fingerprint density at radius 2 is 1.75 bits per heavy atom. The van der Waals surface area contributed by atoms with Gasteiger partial charge in [-0.2, -0.15) is 0 Å². The van der Waals surface area contributed by atoms with Gasteiger partial charge in [0.1, 0.15) is 29.2 Å². The van der Waals surface area contributed by atoms with Crippen LogP contribution in [0.25, 0.3) is 22.2 Å². The van der Waals surface area contributed by atoms with Crippen LogP contribution in [0.1, 0.15) is 72.1 Å². The Balaban J connectivity index is 1.22. The van der Waals surface area contributed by atoms with Crippen molar-refractivity contribution in [2.45, 2.75) is 95.1 Å². The van der Waals surface area contributed by atoms with Gasteiger partial charge in [0, 0.05) is 48.9 Å². The Hall–Kier alpha value is -4.98. The van der Waals surface area contributed by atoms with E-state index in [-0.39, 0.29) is 37.6 Å². The van der Waals surface area contributed by atoms with E-state index in [0.29, 0.717) is 54.0 Å². The van der Waals surface area contributed by atoms with Gasteiger partial charge in [0.05, 0.1) is 36.0 Å². The van der Waals surface area contributed by atoms with Gasteiger partial charge in [0.25, 0.3) is 5.91 Å². The largest absolute Gasteiger partial charge is 0.497 e. The lowest BCUT2D eigenvalue weighted by atomic mass is 9.77. The molecule has 2 aliphatic carbocycles. The van der Waals surface area contributed by atoms with Gasteiger partial charge < -0.3 is 24.6 Å². The second kappa shape index (κ2) is 15.8. The molecule has 4 aliphatic rings. The maximum Gasteiger partial charge on any atom is 0.259 e. The summed E-state index contributed by atoms with van der Waals surface area (Å²) >= 11 is 0. The molecule has 304 valence electrons. The van der Waals surface area contributed by atoms with Crippen molar-refractivity contribution in [3.8, 4) is 22.8 Å². The number of aromatic nitrogens is 1. The van der Waals surface area contributed by atoms with Crippen LogP contribution in [0.4, 0.5) is 0 Å². The van der Waals surface area contributed by atoms with Crippen molar-refractivity contribution in [2.24, 2.45) is 17.3 Å². The van der Waals surface area contributed by atoms with Crippen LogP contribution in [0.3, 0.4) is 0 Å². The van der Waals surface area contributed by atoms with Gasteiger partial charge in [-0.15, -0.1) is 6.58 Å². The molecule has 2 aliphatic heterocycles. The molecule has 2 saturated heterocycles. The number of amides is 4. The molecular weight excluding hydrogens is 747 g/mol. The molecule has 3 aromatic rings. The summed E-state index contributed by atoms with van der Waals surface area (Å²) in [6, 6.07) is 15.9. The number of piperidine rings is 1. The third kappa shape index (κ3) is 8.51. The van der Waals surface area contributed by atoms with Gasteiger partial charge in [0.15, 0.2) is 0 Å². The van der Waals surface area contributed by atoms with Crippen LogP contribution in [-0.4, -0.2) is 96.5 Å². The summed E-state index contributed by atoms with van der Waals surface area (Å²) in [7, 11) is -2.33. The summed E-state index contributed by atoms with van der Waals surface area (Å²) in [6.07, 6.45) is 4.89. The zero-order valence-electron chi connectivity index (χ0n) is 33.2. The van der Waals surface area contributed by atoms with E-state index in [4.69, 9.17) is 14.5 Å². The third-order valence-electron chi connectivity index (χ3n) is 11.9. The molecule has 2 saturated carbocycles. The molecule has 3 heterocycles. The van der Waals surface area contributed by atoms with E-state index in [1.165, 1.54) is 11.0 Å². The number of nitrogens with zero attached hydrogens (tertiary/aromatic N) is 3. The molecule has 4 fully saturated rings. The van der Waals surface area contributed by atoms with Crippen molar-refractivity contribution in [2.75, 3.05) is 26.7 Å². The number of ether oxygens (including phenoxy) is 2. The number of methoxy groups -OCH3 is 1. The summed E-state index contributed by atoms with van der Waals surface area (Å²) in [5.74, 6) is -2.08. The lowest BCUT2D eigenvalue weighted by Crippen LogP contribution is -2.57. The number of hydrogen-bond donors (Lipinski definition) is 2. The summed E-state index contributed by atoms with van der Waals surface area (Å²) in [6.45, 7) is 10.9. The minimum Gasteiger partial charge on any atom is -0.497 e. The molecule has 1 aromatic heterocycles. The molecule has 2 N–H and O–H groups in total. The summed E-state index contributed by atoms with van der Waals surface area (Å²) in [4.78, 5) is 64.9. The van der Waals surface area contributed by atoms with E-state index in [9.17, 15) is 27.6 Å². The average molecular weight is 800 g/mol. The maximum absolute atomic E-state index is 14.9. The number of pyridine rings is 1. The lowest BCUT2D eigenvalue weighted by Gasteiger charge is -2.36. The van der Waals surface area contributed by atoms with Gasteiger partial charge >= 0.3 is 0 Å². The fourth-order valence-electron chi connectivity index (χ4n) is 8.14. The molecule has 2 aromatic carbocycles. The number of carbonyl (C=O) groups excluding carboxylic acids is 4. The maximum atomic E-state index is 14.9. The molecule has 57 heavy (non-hydrogen) atoms. The summed E-state index contributed by atoms with van der Waals surface area (Å²) < 4.78 is 40.1. The van der Waals surface area contributed by atoms with Crippen molar-refractivity contribution in [1.29, 1.82) is 0 Å². The van der Waals surface area contributed by atoms with E-state index < -0.39 is 62.0 Å². The van der Waals surface area contributed by atoms with Crippen molar-refractivity contribution in [3.63, 3.8) is 0 Å². The van der Waals surface area contributed by atoms with Crippen molar-refractivity contribution in [1.82, 2.24) is 24.8 Å². The summed E-state index contributed by atoms with van der Waals surface area (Å²) in [5, 5.41) is 2.91. The van der Waals surface area contributed by atoms with E-state index in [2.05, 4.69) is 16.6 Å². The predicted molar refractivity (Wildman–Crippen MR) is 216 cm³/mol. The highest BCUT2D eigenvalue weighted by Gasteiger charge is 2.62. The first-order chi connectivity index (χ1) is 27.1. The fourth-order valence-corrected chi connectivity index (χ4v) is 9.50. The zero-order chi connectivity index (χ0) is 40.7. The Morgan fingerprint density at radius 1 is 1.04 bits per heavy atom. The lowest BCUT2D eigenvalue weighted by molar-refractivity contribution is -0.148. The SMILES string of the molecule is C=C[C@@H]1C[C@]1(NC(=O)[C@@H]1C[C@@H](Oc2cc(-c3ccccc3)nc3ccc(OC)cc23)CN1C(=O)[C@@H](CC(=O)N1CCCCC1)C(C)(C)C)C(=O)NS(=O)(=O)C1CC1. The molecular formula is C43H53N5O8S. The zero-order valence-corrected chi connectivity index (χ0v) is 34.0. The normalized spacial score (nSPS) is 24.0. The van der Waals surface area contributed by atoms with Crippen LogP contribution in [-0.2, 0) is 29.2 Å². The standard InChI is InChI=1S/C43H53N5O8S/c1-6-28-25-43(28,41(52)46-57(53,54)31-16-17-31)45-39(50)36-22-30(26-48(36)40(51)33(42(2,3)4)23-38(49)47-19-11-8-12-20-47)56-37-24-35(27-13-9-7-10-14-27)44-34-18-15-29(55-5)21-32(34)37/h6-7,9-10,13-15,18,21,24,28,30-31,33,36H,1,8,11-12,16-17,19-20,22-23,25-26H2,2-5H3,(H,45,50)(H,46,52)/t28-,30-,33-,36+,43-/m1/s1. The van der Waals surface area contributed by atoms with Gasteiger partial charge in [-0.25, -0.2) is 13.4 Å².